The summed E-state index contributed by atoms with van der Waals surface area (Å²) in [5.41, 5.74) is 5.33. The van der Waals surface area contributed by atoms with Crippen molar-refractivity contribution < 1.29 is 9.47 Å². The molecular formula is C20H26O2. The molecule has 0 N–H and O–H groups in total. The molecule has 118 valence electrons. The van der Waals surface area contributed by atoms with Crippen LogP contribution in [0.4, 0.5) is 0 Å². The third-order valence-corrected chi connectivity index (χ3v) is 4.42. The molecule has 2 aliphatic heterocycles. The molecule has 1 fully saturated rings. The molecule has 2 nitrogen and oxygen atoms in total. The van der Waals surface area contributed by atoms with Gasteiger partial charge in [-0.15, -0.1) is 0 Å². The molecule has 0 radical (unpaired) electrons. The number of unbranched alkanes of at least 4 members (excludes halogenated alkanes) is 1. The van der Waals surface area contributed by atoms with E-state index in [1.165, 1.54) is 35.1 Å². The Kier molecular flexibility index (Phi) is 4.68. The largest absolute Gasteiger partial charge is 0.468 e. The lowest BCUT2D eigenvalue weighted by molar-refractivity contribution is -0.0807. The molecule has 3 rings (SSSR count). The molecule has 0 unspecified atom stereocenters. The van der Waals surface area contributed by atoms with E-state index in [1.807, 2.05) is 0 Å². The summed E-state index contributed by atoms with van der Waals surface area (Å²) in [6.07, 6.45) is 6.66. The Morgan fingerprint density at radius 3 is 2.86 bits per heavy atom. The minimum atomic E-state index is -0.0541. The molecule has 2 heterocycles. The van der Waals surface area contributed by atoms with Gasteiger partial charge in [0.1, 0.15) is 5.76 Å². The van der Waals surface area contributed by atoms with Gasteiger partial charge in [0.25, 0.3) is 0 Å². The lowest BCUT2D eigenvalue weighted by atomic mass is 9.87. The summed E-state index contributed by atoms with van der Waals surface area (Å²) >= 11 is 0. The van der Waals surface area contributed by atoms with E-state index in [1.54, 1.807) is 0 Å². The van der Waals surface area contributed by atoms with Crippen molar-refractivity contribution in [1.29, 1.82) is 0 Å². The molecule has 1 aromatic carbocycles. The average Bonchev–Trinajstić information content (AvgIpc) is 3.05. The summed E-state index contributed by atoms with van der Waals surface area (Å²) in [6.45, 7) is 7.33. The standard InChI is InChI=1S/C20H26O2/c1-4-5-10-18-19(17-11-12-21-20(17)22-18)16-9-7-6-8-15(16)13-14(2)3/h6-9,13,17,20H,4-5,10-12H2,1-3H3/t17-,20+/m1/s1. The smallest absolute Gasteiger partial charge is 0.206 e. The van der Waals surface area contributed by atoms with Gasteiger partial charge in [-0.3, -0.25) is 0 Å². The van der Waals surface area contributed by atoms with Crippen molar-refractivity contribution in [2.75, 3.05) is 6.61 Å². The maximum atomic E-state index is 6.15. The molecule has 2 heteroatoms. The average molecular weight is 298 g/mol. The molecule has 1 aromatic rings. The Morgan fingerprint density at radius 2 is 2.09 bits per heavy atom. The van der Waals surface area contributed by atoms with Crippen LogP contribution in [0.1, 0.15) is 57.6 Å². The number of benzene rings is 1. The highest BCUT2D eigenvalue weighted by molar-refractivity contribution is 5.78. The SMILES string of the molecule is CCCCC1=C(c2ccccc2C=C(C)C)[C@H]2CCO[C@H]2O1. The van der Waals surface area contributed by atoms with Crippen molar-refractivity contribution in [2.45, 2.75) is 52.7 Å². The Morgan fingerprint density at radius 1 is 1.27 bits per heavy atom. The Hall–Kier alpha value is -1.54. The molecule has 0 amide bonds. The summed E-state index contributed by atoms with van der Waals surface area (Å²) in [7, 11) is 0. The van der Waals surface area contributed by atoms with Crippen molar-refractivity contribution in [2.24, 2.45) is 5.92 Å². The number of hydrogen-bond acceptors (Lipinski definition) is 2. The summed E-state index contributed by atoms with van der Waals surface area (Å²) in [6, 6.07) is 8.68. The van der Waals surface area contributed by atoms with E-state index in [0.717, 1.165) is 25.2 Å². The van der Waals surface area contributed by atoms with Gasteiger partial charge in [0, 0.05) is 12.0 Å². The van der Waals surface area contributed by atoms with Crippen LogP contribution in [-0.2, 0) is 9.47 Å². The summed E-state index contributed by atoms with van der Waals surface area (Å²) in [5.74, 6) is 1.56. The van der Waals surface area contributed by atoms with E-state index in [-0.39, 0.29) is 6.29 Å². The fourth-order valence-electron chi connectivity index (χ4n) is 3.43. The van der Waals surface area contributed by atoms with E-state index >= 15 is 0 Å². The van der Waals surface area contributed by atoms with E-state index in [9.17, 15) is 0 Å². The second kappa shape index (κ2) is 6.70. The molecule has 0 saturated carbocycles. The zero-order valence-corrected chi connectivity index (χ0v) is 13.9. The van der Waals surface area contributed by atoms with Crippen LogP contribution in [0.15, 0.2) is 35.6 Å². The first-order valence-electron chi connectivity index (χ1n) is 8.46. The van der Waals surface area contributed by atoms with Gasteiger partial charge in [-0.1, -0.05) is 49.3 Å². The van der Waals surface area contributed by atoms with Gasteiger partial charge in [-0.05, 0) is 37.8 Å². The highest BCUT2D eigenvalue weighted by atomic mass is 16.7. The van der Waals surface area contributed by atoms with Gasteiger partial charge in [0.2, 0.25) is 6.29 Å². The predicted octanol–water partition coefficient (Wildman–Crippen LogP) is 5.40. The lowest BCUT2D eigenvalue weighted by Gasteiger charge is -2.13. The van der Waals surface area contributed by atoms with Gasteiger partial charge < -0.3 is 9.47 Å². The number of ether oxygens (including phenoxy) is 2. The topological polar surface area (TPSA) is 18.5 Å². The maximum Gasteiger partial charge on any atom is 0.206 e. The van der Waals surface area contributed by atoms with E-state index < -0.39 is 0 Å². The maximum absolute atomic E-state index is 6.15. The van der Waals surface area contributed by atoms with Gasteiger partial charge >= 0.3 is 0 Å². The van der Waals surface area contributed by atoms with E-state index in [4.69, 9.17) is 9.47 Å². The van der Waals surface area contributed by atoms with Crippen molar-refractivity contribution in [3.63, 3.8) is 0 Å². The van der Waals surface area contributed by atoms with Gasteiger partial charge in [-0.2, -0.15) is 0 Å². The number of allylic oxidation sites excluding steroid dienone is 2. The molecular weight excluding hydrogens is 272 g/mol. The van der Waals surface area contributed by atoms with Crippen molar-refractivity contribution in [3.05, 3.63) is 46.7 Å². The van der Waals surface area contributed by atoms with E-state index in [0.29, 0.717) is 5.92 Å². The highest BCUT2D eigenvalue weighted by Crippen LogP contribution is 2.46. The molecule has 0 spiro atoms. The summed E-state index contributed by atoms with van der Waals surface area (Å²) < 4.78 is 11.9. The Labute approximate surface area is 133 Å². The molecule has 22 heavy (non-hydrogen) atoms. The second-order valence-corrected chi connectivity index (χ2v) is 6.50. The van der Waals surface area contributed by atoms with Crippen molar-refractivity contribution >= 4 is 11.6 Å². The van der Waals surface area contributed by atoms with Gasteiger partial charge in [0.15, 0.2) is 0 Å². The molecule has 0 aliphatic carbocycles. The first-order chi connectivity index (χ1) is 10.7. The monoisotopic (exact) mass is 298 g/mol. The quantitative estimate of drug-likeness (QED) is 0.724. The zero-order valence-electron chi connectivity index (χ0n) is 13.9. The molecule has 0 aromatic heterocycles. The van der Waals surface area contributed by atoms with Crippen molar-refractivity contribution in [3.8, 4) is 0 Å². The van der Waals surface area contributed by atoms with Crippen LogP contribution >= 0.6 is 0 Å². The molecule has 1 saturated heterocycles. The van der Waals surface area contributed by atoms with Crippen LogP contribution in [0.2, 0.25) is 0 Å². The van der Waals surface area contributed by atoms with Gasteiger partial charge in [-0.25, -0.2) is 0 Å². The zero-order chi connectivity index (χ0) is 15.5. The minimum absolute atomic E-state index is 0.0541. The van der Waals surface area contributed by atoms with Crippen LogP contribution < -0.4 is 0 Å². The Bertz CT molecular complexity index is 593. The predicted molar refractivity (Wildman–Crippen MR) is 91.1 cm³/mol. The number of fused-ring (bicyclic) bond motifs is 1. The van der Waals surface area contributed by atoms with E-state index in [2.05, 4.69) is 51.1 Å². The first-order valence-corrected chi connectivity index (χ1v) is 8.46. The lowest BCUT2D eigenvalue weighted by Crippen LogP contribution is -2.12. The minimum Gasteiger partial charge on any atom is -0.468 e. The third kappa shape index (κ3) is 2.98. The van der Waals surface area contributed by atoms with Crippen molar-refractivity contribution in [1.82, 2.24) is 0 Å². The Balaban J connectivity index is 2.04. The number of hydrogen-bond donors (Lipinski definition) is 0. The van der Waals surface area contributed by atoms with Crippen LogP contribution in [0, 0.1) is 5.92 Å². The summed E-state index contributed by atoms with van der Waals surface area (Å²) in [5, 5.41) is 0. The van der Waals surface area contributed by atoms with Crippen LogP contribution in [-0.4, -0.2) is 12.9 Å². The fraction of sp³-hybridized carbons (Fsp3) is 0.500. The second-order valence-electron chi connectivity index (χ2n) is 6.50. The van der Waals surface area contributed by atoms with Crippen LogP contribution in [0.5, 0.6) is 0 Å². The molecule has 2 atom stereocenters. The van der Waals surface area contributed by atoms with Crippen LogP contribution in [0.25, 0.3) is 11.6 Å². The van der Waals surface area contributed by atoms with Crippen LogP contribution in [0.3, 0.4) is 0 Å². The first kappa shape index (κ1) is 15.4. The summed E-state index contributed by atoms with van der Waals surface area (Å²) in [4.78, 5) is 0. The normalized spacial score (nSPS) is 23.4. The fourth-order valence-corrected chi connectivity index (χ4v) is 3.43. The highest BCUT2D eigenvalue weighted by Gasteiger charge is 2.41. The third-order valence-electron chi connectivity index (χ3n) is 4.42. The number of rotatable bonds is 5. The molecule has 0 bridgehead atoms. The molecule has 2 aliphatic rings. The van der Waals surface area contributed by atoms with Gasteiger partial charge in [0.05, 0.1) is 12.5 Å².